The molecule has 104 valence electrons. The standard InChI is InChI=1S/C12H18N4O3/c1-16(8-12(18)4-6-19-7-5-12)11(17)9-2-3-10(13)15-14-9/h2-3,18H,4-8H2,1H3,(H2,13,15). The quantitative estimate of drug-likeness (QED) is 0.777. The van der Waals surface area contributed by atoms with Gasteiger partial charge in [0.15, 0.2) is 5.69 Å². The summed E-state index contributed by atoms with van der Waals surface area (Å²) in [6.07, 6.45) is 1.05. The SMILES string of the molecule is CN(CC1(O)CCOCC1)C(=O)c1ccc(N)nn1. The second-order valence-electron chi connectivity index (χ2n) is 4.84. The van der Waals surface area contributed by atoms with Crippen molar-refractivity contribution in [1.82, 2.24) is 15.1 Å². The lowest BCUT2D eigenvalue weighted by atomic mass is 9.94. The molecule has 0 radical (unpaired) electrons. The van der Waals surface area contributed by atoms with Crippen molar-refractivity contribution in [3.63, 3.8) is 0 Å². The molecule has 0 unspecified atom stereocenters. The van der Waals surface area contributed by atoms with E-state index >= 15 is 0 Å². The van der Waals surface area contributed by atoms with Crippen LogP contribution in [0.15, 0.2) is 12.1 Å². The topological polar surface area (TPSA) is 102 Å². The van der Waals surface area contributed by atoms with Gasteiger partial charge in [0.1, 0.15) is 5.82 Å². The van der Waals surface area contributed by atoms with Crippen LogP contribution >= 0.6 is 0 Å². The van der Waals surface area contributed by atoms with Crippen molar-refractivity contribution in [2.24, 2.45) is 0 Å². The lowest BCUT2D eigenvalue weighted by Gasteiger charge is -2.35. The van der Waals surface area contributed by atoms with Gasteiger partial charge in [-0.15, -0.1) is 10.2 Å². The van der Waals surface area contributed by atoms with Crippen LogP contribution < -0.4 is 5.73 Å². The van der Waals surface area contributed by atoms with E-state index in [4.69, 9.17) is 10.5 Å². The molecule has 7 nitrogen and oxygen atoms in total. The lowest BCUT2D eigenvalue weighted by Crippen LogP contribution is -2.47. The normalized spacial score (nSPS) is 18.0. The summed E-state index contributed by atoms with van der Waals surface area (Å²) in [5, 5.41) is 17.7. The van der Waals surface area contributed by atoms with E-state index in [9.17, 15) is 9.90 Å². The van der Waals surface area contributed by atoms with Crippen LogP contribution in [-0.2, 0) is 4.74 Å². The molecule has 2 heterocycles. The second-order valence-corrected chi connectivity index (χ2v) is 4.84. The number of aromatic nitrogens is 2. The number of nitrogens with two attached hydrogens (primary N) is 1. The van der Waals surface area contributed by atoms with Crippen LogP contribution in [0.5, 0.6) is 0 Å². The molecule has 0 saturated carbocycles. The first-order valence-corrected chi connectivity index (χ1v) is 6.15. The van der Waals surface area contributed by atoms with Crippen molar-refractivity contribution in [1.29, 1.82) is 0 Å². The van der Waals surface area contributed by atoms with Crippen LogP contribution in [0.4, 0.5) is 5.82 Å². The number of anilines is 1. The number of nitrogens with zero attached hydrogens (tertiary/aromatic N) is 3. The van der Waals surface area contributed by atoms with E-state index < -0.39 is 5.60 Å². The maximum atomic E-state index is 12.1. The summed E-state index contributed by atoms with van der Waals surface area (Å²) < 4.78 is 5.21. The molecule has 0 spiro atoms. The Kier molecular flexibility index (Phi) is 3.96. The molecular weight excluding hydrogens is 248 g/mol. The first kappa shape index (κ1) is 13.7. The molecule has 0 bridgehead atoms. The van der Waals surface area contributed by atoms with E-state index in [0.29, 0.717) is 26.1 Å². The monoisotopic (exact) mass is 266 g/mol. The molecule has 1 aromatic rings. The van der Waals surface area contributed by atoms with Gasteiger partial charge in [0.2, 0.25) is 0 Å². The van der Waals surface area contributed by atoms with Crippen LogP contribution in [0, 0.1) is 0 Å². The molecule has 2 rings (SSSR count). The molecule has 1 aliphatic heterocycles. The predicted octanol–water partition coefficient (Wildman–Crippen LogP) is -0.328. The Labute approximate surface area is 111 Å². The lowest BCUT2D eigenvalue weighted by molar-refractivity contribution is -0.0734. The smallest absolute Gasteiger partial charge is 0.274 e. The third kappa shape index (κ3) is 3.39. The molecule has 0 aromatic carbocycles. The number of carbonyl (C=O) groups is 1. The first-order valence-electron chi connectivity index (χ1n) is 6.15. The van der Waals surface area contributed by atoms with Gasteiger partial charge in [-0.3, -0.25) is 4.79 Å². The second kappa shape index (κ2) is 5.50. The Morgan fingerprint density at radius 3 is 2.74 bits per heavy atom. The fourth-order valence-electron chi connectivity index (χ4n) is 2.07. The van der Waals surface area contributed by atoms with E-state index in [1.54, 1.807) is 7.05 Å². The average Bonchev–Trinajstić information content (AvgIpc) is 2.39. The van der Waals surface area contributed by atoms with Crippen LogP contribution in [0.1, 0.15) is 23.3 Å². The van der Waals surface area contributed by atoms with Gasteiger partial charge in [0, 0.05) is 39.6 Å². The molecule has 1 aliphatic rings. The number of likely N-dealkylation sites (N-methyl/N-ethyl adjacent to an activating group) is 1. The van der Waals surface area contributed by atoms with Crippen LogP contribution in [0.25, 0.3) is 0 Å². The number of hydrogen-bond donors (Lipinski definition) is 2. The molecule has 7 heteroatoms. The molecule has 1 amide bonds. The summed E-state index contributed by atoms with van der Waals surface area (Å²) in [6, 6.07) is 3.05. The minimum Gasteiger partial charge on any atom is -0.388 e. The van der Waals surface area contributed by atoms with Gasteiger partial charge in [0.05, 0.1) is 5.60 Å². The number of carbonyl (C=O) groups excluding carboxylic acids is 1. The van der Waals surface area contributed by atoms with Crippen LogP contribution in [0.3, 0.4) is 0 Å². The summed E-state index contributed by atoms with van der Waals surface area (Å²) in [4.78, 5) is 13.6. The zero-order chi connectivity index (χ0) is 13.9. The van der Waals surface area contributed by atoms with Gasteiger partial charge in [0.25, 0.3) is 5.91 Å². The van der Waals surface area contributed by atoms with E-state index in [2.05, 4.69) is 10.2 Å². The number of nitrogen functional groups attached to an aromatic ring is 1. The Balaban J connectivity index is 2.00. The van der Waals surface area contributed by atoms with Gasteiger partial charge < -0.3 is 20.5 Å². The molecule has 3 N–H and O–H groups in total. The highest BCUT2D eigenvalue weighted by Crippen LogP contribution is 2.21. The van der Waals surface area contributed by atoms with Gasteiger partial charge in [-0.1, -0.05) is 0 Å². The van der Waals surface area contributed by atoms with Crippen molar-refractivity contribution in [2.45, 2.75) is 18.4 Å². The Hall–Kier alpha value is -1.73. The average molecular weight is 266 g/mol. The fourth-order valence-corrected chi connectivity index (χ4v) is 2.07. The summed E-state index contributed by atoms with van der Waals surface area (Å²) in [6.45, 7) is 1.28. The van der Waals surface area contributed by atoms with Crippen molar-refractivity contribution in [3.8, 4) is 0 Å². The molecule has 0 atom stereocenters. The number of rotatable bonds is 3. The summed E-state index contributed by atoms with van der Waals surface area (Å²) in [5.74, 6) is -0.0188. The molecule has 0 aliphatic carbocycles. The Morgan fingerprint density at radius 2 is 2.16 bits per heavy atom. The van der Waals surface area contributed by atoms with Gasteiger partial charge >= 0.3 is 0 Å². The first-order chi connectivity index (χ1) is 9.00. The maximum absolute atomic E-state index is 12.1. The maximum Gasteiger partial charge on any atom is 0.274 e. The van der Waals surface area contributed by atoms with Crippen LogP contribution in [-0.4, -0.2) is 58.5 Å². The zero-order valence-corrected chi connectivity index (χ0v) is 10.9. The van der Waals surface area contributed by atoms with Crippen molar-refractivity contribution in [3.05, 3.63) is 17.8 Å². The highest BCUT2D eigenvalue weighted by molar-refractivity contribution is 5.92. The summed E-state index contributed by atoms with van der Waals surface area (Å²) in [7, 11) is 1.63. The minimum absolute atomic E-state index is 0.215. The van der Waals surface area contributed by atoms with Gasteiger partial charge in [-0.25, -0.2) is 0 Å². The minimum atomic E-state index is -0.885. The summed E-state index contributed by atoms with van der Waals surface area (Å²) in [5.41, 5.74) is 4.75. The van der Waals surface area contributed by atoms with E-state index in [-0.39, 0.29) is 24.0 Å². The van der Waals surface area contributed by atoms with E-state index in [0.717, 1.165) is 0 Å². The number of ether oxygens (including phenoxy) is 1. The third-order valence-corrected chi connectivity index (χ3v) is 3.21. The Bertz CT molecular complexity index is 443. The van der Waals surface area contributed by atoms with Crippen molar-refractivity contribution in [2.75, 3.05) is 32.5 Å². The predicted molar refractivity (Wildman–Crippen MR) is 68.4 cm³/mol. The highest BCUT2D eigenvalue weighted by Gasteiger charge is 2.32. The van der Waals surface area contributed by atoms with Gasteiger partial charge in [-0.2, -0.15) is 0 Å². The van der Waals surface area contributed by atoms with Crippen LogP contribution in [0.2, 0.25) is 0 Å². The molecular formula is C12H18N4O3. The van der Waals surface area contributed by atoms with Gasteiger partial charge in [-0.05, 0) is 12.1 Å². The van der Waals surface area contributed by atoms with E-state index in [1.165, 1.54) is 17.0 Å². The summed E-state index contributed by atoms with van der Waals surface area (Å²) >= 11 is 0. The van der Waals surface area contributed by atoms with Crippen molar-refractivity contribution >= 4 is 11.7 Å². The highest BCUT2D eigenvalue weighted by atomic mass is 16.5. The van der Waals surface area contributed by atoms with Crippen molar-refractivity contribution < 1.29 is 14.6 Å². The molecule has 1 aromatic heterocycles. The zero-order valence-electron chi connectivity index (χ0n) is 10.9. The van der Waals surface area contributed by atoms with E-state index in [1.807, 2.05) is 0 Å². The fraction of sp³-hybridized carbons (Fsp3) is 0.583. The number of aliphatic hydroxyl groups is 1. The number of hydrogen-bond acceptors (Lipinski definition) is 6. The third-order valence-electron chi connectivity index (χ3n) is 3.21. The molecule has 19 heavy (non-hydrogen) atoms. The molecule has 1 fully saturated rings. The number of amides is 1. The largest absolute Gasteiger partial charge is 0.388 e. The molecule has 1 saturated heterocycles. The Morgan fingerprint density at radius 1 is 1.47 bits per heavy atom.